The number of hydrogen-bond donors (Lipinski definition) is 1. The summed E-state index contributed by atoms with van der Waals surface area (Å²) in [7, 11) is 0. The Labute approximate surface area is 188 Å². The maximum absolute atomic E-state index is 13.1. The zero-order valence-corrected chi connectivity index (χ0v) is 18.9. The number of aryl methyl sites for hydroxylation is 1. The highest BCUT2D eigenvalue weighted by atomic mass is 35.5. The van der Waals surface area contributed by atoms with Crippen molar-refractivity contribution >= 4 is 50.7 Å². The van der Waals surface area contributed by atoms with Crippen molar-refractivity contribution in [1.29, 1.82) is 0 Å². The Hall–Kier alpha value is -2.71. The van der Waals surface area contributed by atoms with E-state index in [2.05, 4.69) is 17.2 Å². The summed E-state index contributed by atoms with van der Waals surface area (Å²) in [4.78, 5) is 45.6. The number of anilines is 1. The monoisotopic (exact) mass is 458 g/mol. The van der Waals surface area contributed by atoms with Gasteiger partial charge in [-0.3, -0.25) is 19.0 Å². The number of halogens is 1. The smallest absolute Gasteiger partial charge is 0.266 e. The van der Waals surface area contributed by atoms with Gasteiger partial charge in [0.2, 0.25) is 5.91 Å². The third-order valence-electron chi connectivity index (χ3n) is 5.52. The molecule has 4 rings (SSSR count). The van der Waals surface area contributed by atoms with Crippen molar-refractivity contribution in [2.24, 2.45) is 5.92 Å². The van der Waals surface area contributed by atoms with Gasteiger partial charge in [-0.15, -0.1) is 11.3 Å². The van der Waals surface area contributed by atoms with E-state index < -0.39 is 0 Å². The van der Waals surface area contributed by atoms with Gasteiger partial charge in [0.1, 0.15) is 11.4 Å². The van der Waals surface area contributed by atoms with Gasteiger partial charge in [-0.05, 0) is 49.4 Å². The van der Waals surface area contributed by atoms with E-state index in [1.54, 1.807) is 31.2 Å². The molecule has 1 aliphatic rings. The zero-order valence-electron chi connectivity index (χ0n) is 17.4. The minimum absolute atomic E-state index is 0.0478. The highest BCUT2D eigenvalue weighted by Crippen LogP contribution is 2.28. The second-order valence-electron chi connectivity index (χ2n) is 7.97. The standard InChI is InChI=1S/C22H23ClN4O3S/c1-13-5-4-8-26(10-13)17(28)11-27-12-24-21-18(22(27)30)14(2)19(31-21)20(29)25-16-7-3-6-15(23)9-16/h3,6-7,9,12-13H,4-5,8,10-11H2,1-2H3,(H,25,29). The number of nitrogens with one attached hydrogen (secondary N) is 1. The van der Waals surface area contributed by atoms with Crippen LogP contribution in [0.1, 0.15) is 35.0 Å². The number of carbonyl (C=O) groups excluding carboxylic acids is 2. The maximum Gasteiger partial charge on any atom is 0.266 e. The third kappa shape index (κ3) is 4.50. The number of aromatic nitrogens is 2. The Morgan fingerprint density at radius 3 is 2.90 bits per heavy atom. The van der Waals surface area contributed by atoms with Gasteiger partial charge >= 0.3 is 0 Å². The molecule has 1 atom stereocenters. The van der Waals surface area contributed by atoms with Gasteiger partial charge in [-0.2, -0.15) is 0 Å². The van der Waals surface area contributed by atoms with Crippen molar-refractivity contribution in [3.63, 3.8) is 0 Å². The van der Waals surface area contributed by atoms with Crippen LogP contribution in [0.4, 0.5) is 5.69 Å². The van der Waals surface area contributed by atoms with Gasteiger partial charge in [-0.25, -0.2) is 4.98 Å². The van der Waals surface area contributed by atoms with E-state index in [9.17, 15) is 14.4 Å². The van der Waals surface area contributed by atoms with Crippen LogP contribution in [-0.4, -0.2) is 39.4 Å². The molecular weight excluding hydrogens is 436 g/mol. The van der Waals surface area contributed by atoms with Crippen LogP contribution in [0.2, 0.25) is 5.02 Å². The summed E-state index contributed by atoms with van der Waals surface area (Å²) < 4.78 is 1.34. The second kappa shape index (κ2) is 8.80. The fourth-order valence-corrected chi connectivity index (χ4v) is 5.13. The lowest BCUT2D eigenvalue weighted by atomic mass is 10.0. The van der Waals surface area contributed by atoms with Crippen molar-refractivity contribution in [2.45, 2.75) is 33.2 Å². The van der Waals surface area contributed by atoms with Gasteiger partial charge in [0.15, 0.2) is 0 Å². The van der Waals surface area contributed by atoms with Crippen LogP contribution in [0.5, 0.6) is 0 Å². The van der Waals surface area contributed by atoms with Gasteiger partial charge in [0.25, 0.3) is 11.5 Å². The summed E-state index contributed by atoms with van der Waals surface area (Å²) in [6.45, 7) is 5.25. The topological polar surface area (TPSA) is 84.3 Å². The molecule has 162 valence electrons. The van der Waals surface area contributed by atoms with Crippen LogP contribution in [-0.2, 0) is 11.3 Å². The summed E-state index contributed by atoms with van der Waals surface area (Å²) in [6.07, 6.45) is 3.49. The number of rotatable bonds is 4. The fraction of sp³-hybridized carbons (Fsp3) is 0.364. The number of amides is 2. The Bertz CT molecular complexity index is 1220. The van der Waals surface area contributed by atoms with Crippen LogP contribution < -0.4 is 10.9 Å². The molecule has 2 amide bonds. The van der Waals surface area contributed by atoms with Crippen molar-refractivity contribution in [1.82, 2.24) is 14.5 Å². The van der Waals surface area contributed by atoms with Crippen molar-refractivity contribution < 1.29 is 9.59 Å². The summed E-state index contributed by atoms with van der Waals surface area (Å²) >= 11 is 7.14. The predicted octanol–water partition coefficient (Wildman–Crippen LogP) is 3.93. The number of benzene rings is 1. The molecule has 0 saturated carbocycles. The first kappa shape index (κ1) is 21.5. The molecule has 3 aromatic rings. The first-order valence-electron chi connectivity index (χ1n) is 10.2. The average molecular weight is 459 g/mol. The highest BCUT2D eigenvalue weighted by molar-refractivity contribution is 7.20. The van der Waals surface area contributed by atoms with Crippen LogP contribution in [0.3, 0.4) is 0 Å². The summed E-state index contributed by atoms with van der Waals surface area (Å²) in [5, 5.41) is 3.70. The van der Waals surface area contributed by atoms with E-state index >= 15 is 0 Å². The lowest BCUT2D eigenvalue weighted by Crippen LogP contribution is -2.42. The van der Waals surface area contributed by atoms with E-state index in [1.807, 2.05) is 4.90 Å². The average Bonchev–Trinajstić information content (AvgIpc) is 3.07. The molecule has 1 saturated heterocycles. The number of likely N-dealkylation sites (tertiary alicyclic amines) is 1. The molecular formula is C22H23ClN4O3S. The van der Waals surface area contributed by atoms with Gasteiger partial charge < -0.3 is 10.2 Å². The van der Waals surface area contributed by atoms with Crippen LogP contribution in [0, 0.1) is 12.8 Å². The van der Waals surface area contributed by atoms with E-state index in [0.29, 0.717) is 43.8 Å². The minimum Gasteiger partial charge on any atom is -0.341 e. The normalized spacial score (nSPS) is 16.5. The number of fused-ring (bicyclic) bond motifs is 1. The second-order valence-corrected chi connectivity index (χ2v) is 9.40. The molecule has 7 nitrogen and oxygen atoms in total. The lowest BCUT2D eigenvalue weighted by molar-refractivity contribution is -0.133. The SMILES string of the molecule is Cc1c(C(=O)Nc2cccc(Cl)c2)sc2ncn(CC(=O)N3CCCC(C)C3)c(=O)c12. The molecule has 31 heavy (non-hydrogen) atoms. The van der Waals surface area contributed by atoms with Gasteiger partial charge in [0, 0.05) is 23.8 Å². The Morgan fingerprint density at radius 2 is 2.16 bits per heavy atom. The van der Waals surface area contributed by atoms with E-state index in [-0.39, 0.29) is 23.9 Å². The summed E-state index contributed by atoms with van der Waals surface area (Å²) in [5.41, 5.74) is 0.825. The molecule has 1 aliphatic heterocycles. The first-order chi connectivity index (χ1) is 14.8. The maximum atomic E-state index is 13.1. The van der Waals surface area contributed by atoms with Crippen molar-refractivity contribution in [3.8, 4) is 0 Å². The molecule has 2 aromatic heterocycles. The van der Waals surface area contributed by atoms with Crippen molar-refractivity contribution in [3.05, 3.63) is 56.4 Å². The summed E-state index contributed by atoms with van der Waals surface area (Å²) in [6, 6.07) is 6.86. The van der Waals surface area contributed by atoms with Crippen LogP contribution in [0.25, 0.3) is 10.2 Å². The Balaban J connectivity index is 1.59. The van der Waals surface area contributed by atoms with E-state index in [1.165, 1.54) is 10.9 Å². The van der Waals surface area contributed by atoms with Crippen LogP contribution >= 0.6 is 22.9 Å². The van der Waals surface area contributed by atoms with Gasteiger partial charge in [-0.1, -0.05) is 24.6 Å². The molecule has 0 bridgehead atoms. The lowest BCUT2D eigenvalue weighted by Gasteiger charge is -2.31. The number of thiophene rings is 1. The van der Waals surface area contributed by atoms with Gasteiger partial charge in [0.05, 0.1) is 16.6 Å². The Kier molecular flexibility index (Phi) is 6.11. The molecule has 0 aliphatic carbocycles. The number of carbonyl (C=O) groups is 2. The Morgan fingerprint density at radius 1 is 1.35 bits per heavy atom. The van der Waals surface area contributed by atoms with Crippen molar-refractivity contribution in [2.75, 3.05) is 18.4 Å². The number of piperidine rings is 1. The molecule has 3 heterocycles. The molecule has 1 unspecified atom stereocenters. The number of hydrogen-bond acceptors (Lipinski definition) is 5. The zero-order chi connectivity index (χ0) is 22.1. The molecule has 9 heteroatoms. The highest BCUT2D eigenvalue weighted by Gasteiger charge is 2.23. The quantitative estimate of drug-likeness (QED) is 0.642. The minimum atomic E-state index is -0.327. The van der Waals surface area contributed by atoms with E-state index in [4.69, 9.17) is 11.6 Å². The number of nitrogens with zero attached hydrogens (tertiary/aromatic N) is 3. The van der Waals surface area contributed by atoms with Crippen LogP contribution in [0.15, 0.2) is 35.4 Å². The largest absolute Gasteiger partial charge is 0.341 e. The third-order valence-corrected chi connectivity index (χ3v) is 6.96. The summed E-state index contributed by atoms with van der Waals surface area (Å²) in [5.74, 6) is 0.0587. The molecule has 0 radical (unpaired) electrons. The first-order valence-corrected chi connectivity index (χ1v) is 11.4. The predicted molar refractivity (Wildman–Crippen MR) is 123 cm³/mol. The molecule has 1 N–H and O–H groups in total. The molecule has 1 fully saturated rings. The molecule has 1 aromatic carbocycles. The van der Waals surface area contributed by atoms with E-state index in [0.717, 1.165) is 30.7 Å². The fourth-order valence-electron chi connectivity index (χ4n) is 3.90. The molecule has 0 spiro atoms.